The molecule has 0 amide bonds. The van der Waals surface area contributed by atoms with E-state index >= 15 is 0 Å². The normalized spacial score (nSPS) is 24.5. The lowest BCUT2D eigenvalue weighted by Gasteiger charge is -2.15. The van der Waals surface area contributed by atoms with Crippen LogP contribution in [0.5, 0.6) is 0 Å². The van der Waals surface area contributed by atoms with Crippen molar-refractivity contribution < 1.29 is 5.11 Å². The molecule has 82 valence electrons. The minimum absolute atomic E-state index is 0.222. The van der Waals surface area contributed by atoms with E-state index in [1.165, 1.54) is 12.0 Å². The maximum atomic E-state index is 10.2. The SMILES string of the molecule is CC(C)CCC1Cc2ccccc2C1O. The zero-order chi connectivity index (χ0) is 10.8. The third kappa shape index (κ3) is 2.23. The van der Waals surface area contributed by atoms with Gasteiger partial charge in [-0.2, -0.15) is 0 Å². The van der Waals surface area contributed by atoms with Gasteiger partial charge in [-0.3, -0.25) is 0 Å². The second kappa shape index (κ2) is 4.36. The molecule has 2 atom stereocenters. The monoisotopic (exact) mass is 204 g/mol. The molecule has 0 fully saturated rings. The molecule has 0 saturated heterocycles. The first kappa shape index (κ1) is 10.7. The highest BCUT2D eigenvalue weighted by molar-refractivity contribution is 5.34. The topological polar surface area (TPSA) is 20.2 Å². The Kier molecular flexibility index (Phi) is 3.11. The van der Waals surface area contributed by atoms with E-state index in [9.17, 15) is 5.11 Å². The fourth-order valence-electron chi connectivity index (χ4n) is 2.46. The molecule has 0 radical (unpaired) electrons. The molecule has 0 spiro atoms. The van der Waals surface area contributed by atoms with Crippen LogP contribution in [0.25, 0.3) is 0 Å². The molecule has 0 bridgehead atoms. The minimum Gasteiger partial charge on any atom is -0.388 e. The molecule has 1 nitrogen and oxygen atoms in total. The standard InChI is InChI=1S/C14H20O/c1-10(2)7-8-12-9-11-5-3-4-6-13(11)14(12)15/h3-6,10,12,14-15H,7-9H2,1-2H3. The van der Waals surface area contributed by atoms with Gasteiger partial charge in [0.05, 0.1) is 6.10 Å². The van der Waals surface area contributed by atoms with E-state index in [1.54, 1.807) is 0 Å². The molecule has 1 aliphatic carbocycles. The second-order valence-corrected chi connectivity index (χ2v) is 5.08. The summed E-state index contributed by atoms with van der Waals surface area (Å²) < 4.78 is 0. The van der Waals surface area contributed by atoms with E-state index in [1.807, 2.05) is 6.07 Å². The smallest absolute Gasteiger partial charge is 0.0824 e. The average molecular weight is 204 g/mol. The molecule has 0 saturated carbocycles. The molecule has 1 heteroatoms. The highest BCUT2D eigenvalue weighted by atomic mass is 16.3. The second-order valence-electron chi connectivity index (χ2n) is 5.08. The van der Waals surface area contributed by atoms with E-state index in [0.29, 0.717) is 5.92 Å². The molecule has 0 heterocycles. The third-order valence-electron chi connectivity index (χ3n) is 3.42. The summed E-state index contributed by atoms with van der Waals surface area (Å²) in [5.74, 6) is 1.19. The lowest BCUT2D eigenvalue weighted by molar-refractivity contribution is 0.114. The van der Waals surface area contributed by atoms with Crippen LogP contribution < -0.4 is 0 Å². The van der Waals surface area contributed by atoms with Gasteiger partial charge in [0.1, 0.15) is 0 Å². The molecule has 15 heavy (non-hydrogen) atoms. The average Bonchev–Trinajstić information content (AvgIpc) is 2.54. The van der Waals surface area contributed by atoms with Crippen molar-refractivity contribution >= 4 is 0 Å². The Morgan fingerprint density at radius 1 is 1.33 bits per heavy atom. The third-order valence-corrected chi connectivity index (χ3v) is 3.42. The lowest BCUT2D eigenvalue weighted by atomic mass is 9.94. The summed E-state index contributed by atoms with van der Waals surface area (Å²) in [6.45, 7) is 4.49. The fraction of sp³-hybridized carbons (Fsp3) is 0.571. The Hall–Kier alpha value is -0.820. The van der Waals surface area contributed by atoms with Gasteiger partial charge in [-0.15, -0.1) is 0 Å². The molecule has 2 rings (SSSR count). The lowest BCUT2D eigenvalue weighted by Crippen LogP contribution is -2.08. The van der Waals surface area contributed by atoms with Crippen molar-refractivity contribution in [2.24, 2.45) is 11.8 Å². The van der Waals surface area contributed by atoms with E-state index < -0.39 is 0 Å². The number of aliphatic hydroxyl groups is 1. The van der Waals surface area contributed by atoms with Crippen LogP contribution >= 0.6 is 0 Å². The van der Waals surface area contributed by atoms with Crippen LogP contribution in [0, 0.1) is 11.8 Å². The molecule has 1 aliphatic rings. The quantitative estimate of drug-likeness (QED) is 0.800. The number of aliphatic hydroxyl groups excluding tert-OH is 1. The molecule has 0 aliphatic heterocycles. The van der Waals surface area contributed by atoms with Crippen molar-refractivity contribution in [3.05, 3.63) is 35.4 Å². The van der Waals surface area contributed by atoms with Gasteiger partial charge in [-0.05, 0) is 35.8 Å². The number of rotatable bonds is 3. The van der Waals surface area contributed by atoms with Crippen molar-refractivity contribution in [3.63, 3.8) is 0 Å². The van der Waals surface area contributed by atoms with E-state index in [-0.39, 0.29) is 6.10 Å². The zero-order valence-corrected chi connectivity index (χ0v) is 9.61. The fourth-order valence-corrected chi connectivity index (χ4v) is 2.46. The Bertz CT molecular complexity index is 330. The van der Waals surface area contributed by atoms with Gasteiger partial charge < -0.3 is 5.11 Å². The highest BCUT2D eigenvalue weighted by Gasteiger charge is 2.29. The van der Waals surface area contributed by atoms with Crippen LogP contribution in [0.15, 0.2) is 24.3 Å². The van der Waals surface area contributed by atoms with Gasteiger partial charge in [-0.25, -0.2) is 0 Å². The predicted molar refractivity (Wildman–Crippen MR) is 62.7 cm³/mol. The maximum absolute atomic E-state index is 10.2. The number of benzene rings is 1. The van der Waals surface area contributed by atoms with Crippen LogP contribution in [0.2, 0.25) is 0 Å². The Labute approximate surface area is 92.1 Å². The molecular formula is C14H20O. The first-order chi connectivity index (χ1) is 7.18. The van der Waals surface area contributed by atoms with Crippen LogP contribution in [-0.4, -0.2) is 5.11 Å². The van der Waals surface area contributed by atoms with E-state index in [0.717, 1.165) is 24.3 Å². The summed E-state index contributed by atoms with van der Waals surface area (Å²) in [5.41, 5.74) is 2.50. The zero-order valence-electron chi connectivity index (χ0n) is 9.61. The van der Waals surface area contributed by atoms with Gasteiger partial charge in [0.2, 0.25) is 0 Å². The first-order valence-corrected chi connectivity index (χ1v) is 5.94. The highest BCUT2D eigenvalue weighted by Crippen LogP contribution is 2.38. The molecule has 0 aromatic heterocycles. The summed E-state index contributed by atoms with van der Waals surface area (Å²) >= 11 is 0. The first-order valence-electron chi connectivity index (χ1n) is 5.94. The molecule has 1 aromatic rings. The van der Waals surface area contributed by atoms with Crippen molar-refractivity contribution in [1.29, 1.82) is 0 Å². The van der Waals surface area contributed by atoms with E-state index in [2.05, 4.69) is 32.0 Å². The molecular weight excluding hydrogens is 184 g/mol. The summed E-state index contributed by atoms with van der Waals surface area (Å²) in [6.07, 6.45) is 3.20. The minimum atomic E-state index is -0.222. The molecule has 1 N–H and O–H groups in total. The van der Waals surface area contributed by atoms with Crippen LogP contribution in [0.4, 0.5) is 0 Å². The van der Waals surface area contributed by atoms with Gasteiger partial charge in [0.25, 0.3) is 0 Å². The molecule has 2 unspecified atom stereocenters. The van der Waals surface area contributed by atoms with E-state index in [4.69, 9.17) is 0 Å². The number of fused-ring (bicyclic) bond motifs is 1. The van der Waals surface area contributed by atoms with Crippen molar-refractivity contribution in [1.82, 2.24) is 0 Å². The van der Waals surface area contributed by atoms with Crippen molar-refractivity contribution in [2.45, 2.75) is 39.2 Å². The number of hydrogen-bond acceptors (Lipinski definition) is 1. The van der Waals surface area contributed by atoms with Crippen molar-refractivity contribution in [2.75, 3.05) is 0 Å². The van der Waals surface area contributed by atoms with Gasteiger partial charge >= 0.3 is 0 Å². The van der Waals surface area contributed by atoms with Gasteiger partial charge in [0, 0.05) is 0 Å². The van der Waals surface area contributed by atoms with Gasteiger partial charge in [0.15, 0.2) is 0 Å². The van der Waals surface area contributed by atoms with Crippen LogP contribution in [0.1, 0.15) is 43.9 Å². The largest absolute Gasteiger partial charge is 0.388 e. The molecule has 1 aromatic carbocycles. The summed E-state index contributed by atoms with van der Waals surface area (Å²) in [7, 11) is 0. The van der Waals surface area contributed by atoms with Gasteiger partial charge in [-0.1, -0.05) is 44.5 Å². The summed E-state index contributed by atoms with van der Waals surface area (Å²) in [6, 6.07) is 8.30. The summed E-state index contributed by atoms with van der Waals surface area (Å²) in [4.78, 5) is 0. The summed E-state index contributed by atoms with van der Waals surface area (Å²) in [5, 5.41) is 10.2. The Balaban J connectivity index is 2.03. The Morgan fingerprint density at radius 3 is 2.73 bits per heavy atom. The van der Waals surface area contributed by atoms with Crippen molar-refractivity contribution in [3.8, 4) is 0 Å². The number of hydrogen-bond donors (Lipinski definition) is 1. The van der Waals surface area contributed by atoms with Crippen LogP contribution in [0.3, 0.4) is 0 Å². The van der Waals surface area contributed by atoms with Crippen LogP contribution in [-0.2, 0) is 6.42 Å². The Morgan fingerprint density at radius 2 is 2.07 bits per heavy atom. The maximum Gasteiger partial charge on any atom is 0.0824 e. The predicted octanol–water partition coefficient (Wildman–Crippen LogP) is 3.33.